The predicted octanol–water partition coefficient (Wildman–Crippen LogP) is 2.68. The van der Waals surface area contributed by atoms with E-state index in [1.54, 1.807) is 0 Å². The number of ether oxygens (including phenoxy) is 2. The van der Waals surface area contributed by atoms with E-state index >= 15 is 0 Å². The number of carbonyl (C=O) groups is 1. The summed E-state index contributed by atoms with van der Waals surface area (Å²) in [5.74, 6) is -0.184. The van der Waals surface area contributed by atoms with Crippen molar-refractivity contribution in [1.29, 1.82) is 0 Å². The van der Waals surface area contributed by atoms with Crippen molar-refractivity contribution < 1.29 is 14.3 Å². The summed E-state index contributed by atoms with van der Waals surface area (Å²) in [7, 11) is 0. The Balaban J connectivity index is 2.06. The van der Waals surface area contributed by atoms with Crippen molar-refractivity contribution in [1.82, 2.24) is 0 Å². The molecule has 1 aliphatic rings. The molecule has 15 heavy (non-hydrogen) atoms. The summed E-state index contributed by atoms with van der Waals surface area (Å²) in [5.41, 5.74) is -0.250. The first-order chi connectivity index (χ1) is 7.14. The number of hydrogen-bond acceptors (Lipinski definition) is 3. The van der Waals surface area contributed by atoms with E-state index in [2.05, 4.69) is 6.92 Å². The number of unbranched alkanes of at least 4 members (excludes halogenated alkanes) is 3. The SMILES string of the molecule is CCCCCCOC(=O)C1OC1(C)CC. The van der Waals surface area contributed by atoms with Crippen LogP contribution >= 0.6 is 0 Å². The summed E-state index contributed by atoms with van der Waals surface area (Å²) in [6.45, 7) is 6.68. The Morgan fingerprint density at radius 2 is 2.07 bits per heavy atom. The largest absolute Gasteiger partial charge is 0.464 e. The second kappa shape index (κ2) is 5.50. The Labute approximate surface area is 92.1 Å². The number of epoxide rings is 1. The van der Waals surface area contributed by atoms with E-state index in [1.807, 2.05) is 13.8 Å². The van der Waals surface area contributed by atoms with E-state index in [0.29, 0.717) is 6.61 Å². The van der Waals surface area contributed by atoms with E-state index in [-0.39, 0.29) is 17.7 Å². The van der Waals surface area contributed by atoms with Gasteiger partial charge in [0.2, 0.25) is 0 Å². The zero-order chi connectivity index (χ0) is 11.3. The maximum atomic E-state index is 11.5. The molecule has 0 aromatic carbocycles. The third-order valence-electron chi connectivity index (χ3n) is 3.04. The molecule has 3 nitrogen and oxygen atoms in total. The van der Waals surface area contributed by atoms with Gasteiger partial charge in [-0.3, -0.25) is 0 Å². The summed E-state index contributed by atoms with van der Waals surface area (Å²) in [6.07, 6.45) is 5.07. The second-order valence-electron chi connectivity index (χ2n) is 4.39. The molecule has 0 amide bonds. The van der Waals surface area contributed by atoms with Gasteiger partial charge in [-0.15, -0.1) is 0 Å². The van der Waals surface area contributed by atoms with E-state index in [1.165, 1.54) is 12.8 Å². The van der Waals surface area contributed by atoms with Crippen LogP contribution in [-0.4, -0.2) is 24.3 Å². The van der Waals surface area contributed by atoms with Crippen LogP contribution in [0.4, 0.5) is 0 Å². The summed E-state index contributed by atoms with van der Waals surface area (Å²) in [4.78, 5) is 11.5. The molecular formula is C12H22O3. The summed E-state index contributed by atoms with van der Waals surface area (Å²) in [5, 5.41) is 0. The third-order valence-corrected chi connectivity index (χ3v) is 3.04. The molecule has 2 unspecified atom stereocenters. The first-order valence-corrected chi connectivity index (χ1v) is 5.98. The monoisotopic (exact) mass is 214 g/mol. The van der Waals surface area contributed by atoms with Gasteiger partial charge in [0.25, 0.3) is 0 Å². The fraction of sp³-hybridized carbons (Fsp3) is 0.917. The van der Waals surface area contributed by atoms with Gasteiger partial charge in [-0.1, -0.05) is 33.1 Å². The highest BCUT2D eigenvalue weighted by atomic mass is 16.7. The highest BCUT2D eigenvalue weighted by Gasteiger charge is 2.56. The number of hydrogen-bond donors (Lipinski definition) is 0. The van der Waals surface area contributed by atoms with Crippen LogP contribution < -0.4 is 0 Å². The van der Waals surface area contributed by atoms with Crippen LogP contribution in [-0.2, 0) is 14.3 Å². The molecule has 0 bridgehead atoms. The summed E-state index contributed by atoms with van der Waals surface area (Å²) in [6, 6.07) is 0. The average Bonchev–Trinajstić information content (AvgIpc) is 2.91. The maximum absolute atomic E-state index is 11.5. The van der Waals surface area contributed by atoms with Crippen LogP contribution in [0.2, 0.25) is 0 Å². The molecular weight excluding hydrogens is 192 g/mol. The zero-order valence-electron chi connectivity index (χ0n) is 10.0. The molecule has 0 aliphatic carbocycles. The molecule has 0 radical (unpaired) electrons. The van der Waals surface area contributed by atoms with Gasteiger partial charge in [-0.2, -0.15) is 0 Å². The molecule has 3 heteroatoms. The first kappa shape index (κ1) is 12.5. The van der Waals surface area contributed by atoms with E-state index < -0.39 is 0 Å². The lowest BCUT2D eigenvalue weighted by Gasteiger charge is -2.03. The molecule has 1 fully saturated rings. The number of rotatable bonds is 7. The Morgan fingerprint density at radius 3 is 2.60 bits per heavy atom. The molecule has 0 aromatic rings. The molecule has 1 rings (SSSR count). The van der Waals surface area contributed by atoms with E-state index in [4.69, 9.17) is 9.47 Å². The van der Waals surface area contributed by atoms with Crippen molar-refractivity contribution in [3.05, 3.63) is 0 Å². The van der Waals surface area contributed by atoms with Crippen molar-refractivity contribution in [2.45, 2.75) is 64.6 Å². The van der Waals surface area contributed by atoms with Crippen LogP contribution in [0.5, 0.6) is 0 Å². The van der Waals surface area contributed by atoms with E-state index in [0.717, 1.165) is 19.3 Å². The fourth-order valence-electron chi connectivity index (χ4n) is 1.58. The molecule has 0 N–H and O–H groups in total. The molecule has 2 atom stereocenters. The second-order valence-corrected chi connectivity index (χ2v) is 4.39. The Hall–Kier alpha value is -0.570. The lowest BCUT2D eigenvalue weighted by atomic mass is 10.1. The van der Waals surface area contributed by atoms with Gasteiger partial charge in [-0.05, 0) is 19.8 Å². The lowest BCUT2D eigenvalue weighted by Crippen LogP contribution is -2.19. The predicted molar refractivity (Wildman–Crippen MR) is 58.7 cm³/mol. The highest BCUT2D eigenvalue weighted by molar-refractivity contribution is 5.79. The first-order valence-electron chi connectivity index (χ1n) is 5.98. The lowest BCUT2D eigenvalue weighted by molar-refractivity contribution is -0.145. The molecule has 1 aliphatic heterocycles. The van der Waals surface area contributed by atoms with Crippen molar-refractivity contribution in [2.24, 2.45) is 0 Å². The van der Waals surface area contributed by atoms with Gasteiger partial charge in [0.1, 0.15) is 5.60 Å². The van der Waals surface area contributed by atoms with Gasteiger partial charge in [0.15, 0.2) is 6.10 Å². The van der Waals surface area contributed by atoms with Crippen LogP contribution in [0.15, 0.2) is 0 Å². The topological polar surface area (TPSA) is 38.8 Å². The molecule has 88 valence electrons. The third kappa shape index (κ3) is 3.49. The molecule has 1 heterocycles. The fourth-order valence-corrected chi connectivity index (χ4v) is 1.58. The minimum Gasteiger partial charge on any atom is -0.464 e. The standard InChI is InChI=1S/C12H22O3/c1-4-6-7-8-9-14-11(13)10-12(3,5-2)15-10/h10H,4-9H2,1-3H3. The zero-order valence-corrected chi connectivity index (χ0v) is 10.0. The highest BCUT2D eigenvalue weighted by Crippen LogP contribution is 2.39. The Kier molecular flexibility index (Phi) is 4.58. The van der Waals surface area contributed by atoms with Crippen molar-refractivity contribution in [2.75, 3.05) is 6.61 Å². The van der Waals surface area contributed by atoms with E-state index in [9.17, 15) is 4.79 Å². The summed E-state index contributed by atoms with van der Waals surface area (Å²) < 4.78 is 10.5. The van der Waals surface area contributed by atoms with Crippen molar-refractivity contribution >= 4 is 5.97 Å². The molecule has 0 saturated carbocycles. The minimum absolute atomic E-state index is 0.184. The minimum atomic E-state index is -0.311. The average molecular weight is 214 g/mol. The van der Waals surface area contributed by atoms with Gasteiger partial charge in [0.05, 0.1) is 6.61 Å². The van der Waals surface area contributed by atoms with Crippen LogP contribution in [0.1, 0.15) is 52.9 Å². The normalized spacial score (nSPS) is 28.9. The Morgan fingerprint density at radius 1 is 1.33 bits per heavy atom. The molecule has 0 spiro atoms. The van der Waals surface area contributed by atoms with Crippen molar-refractivity contribution in [3.8, 4) is 0 Å². The number of carbonyl (C=O) groups excluding carboxylic acids is 1. The van der Waals surface area contributed by atoms with Crippen LogP contribution in [0, 0.1) is 0 Å². The van der Waals surface area contributed by atoms with Crippen molar-refractivity contribution in [3.63, 3.8) is 0 Å². The molecule has 1 saturated heterocycles. The Bertz CT molecular complexity index is 215. The summed E-state index contributed by atoms with van der Waals surface area (Å²) >= 11 is 0. The number of esters is 1. The molecule has 0 aromatic heterocycles. The van der Waals surface area contributed by atoms with Gasteiger partial charge in [0, 0.05) is 0 Å². The smallest absolute Gasteiger partial charge is 0.338 e. The van der Waals surface area contributed by atoms with Gasteiger partial charge >= 0.3 is 5.97 Å². The maximum Gasteiger partial charge on any atom is 0.338 e. The van der Waals surface area contributed by atoms with Crippen LogP contribution in [0.25, 0.3) is 0 Å². The van der Waals surface area contributed by atoms with Gasteiger partial charge < -0.3 is 9.47 Å². The van der Waals surface area contributed by atoms with Gasteiger partial charge in [-0.25, -0.2) is 4.79 Å². The van der Waals surface area contributed by atoms with Crippen LogP contribution in [0.3, 0.4) is 0 Å². The quantitative estimate of drug-likeness (QED) is 0.371.